The van der Waals surface area contributed by atoms with Gasteiger partial charge >= 0.3 is 5.97 Å². The molecule has 142 valence electrons. The largest absolute Gasteiger partial charge is 0.478 e. The van der Waals surface area contributed by atoms with Crippen LogP contribution < -0.4 is 0 Å². The lowest BCUT2D eigenvalue weighted by molar-refractivity contribution is 0.0695. The molecule has 3 heterocycles. The molecule has 1 fully saturated rings. The number of pyridine rings is 1. The third kappa shape index (κ3) is 3.94. The molecule has 3 aromatic rings. The minimum absolute atomic E-state index is 0.0432. The van der Waals surface area contributed by atoms with Gasteiger partial charge in [0.05, 0.1) is 5.56 Å². The van der Waals surface area contributed by atoms with Gasteiger partial charge in [0.2, 0.25) is 0 Å². The number of amides is 1. The van der Waals surface area contributed by atoms with E-state index in [1.807, 2.05) is 40.6 Å². The Labute approximate surface area is 166 Å². The van der Waals surface area contributed by atoms with Crippen molar-refractivity contribution in [2.75, 3.05) is 13.1 Å². The van der Waals surface area contributed by atoms with Gasteiger partial charge in [-0.15, -0.1) is 11.3 Å². The summed E-state index contributed by atoms with van der Waals surface area (Å²) in [6, 6.07) is 11.5. The number of carboxylic acids is 1. The van der Waals surface area contributed by atoms with Crippen LogP contribution in [0.4, 0.5) is 0 Å². The zero-order valence-corrected chi connectivity index (χ0v) is 15.9. The first-order valence-electron chi connectivity index (χ1n) is 9.07. The summed E-state index contributed by atoms with van der Waals surface area (Å²) in [5, 5.41) is 11.8. The average molecular weight is 393 g/mol. The first-order valence-corrected chi connectivity index (χ1v) is 9.95. The highest BCUT2D eigenvalue weighted by Gasteiger charge is 2.28. The number of nitrogens with zero attached hydrogens (tertiary/aromatic N) is 3. The van der Waals surface area contributed by atoms with Crippen LogP contribution in [0.3, 0.4) is 0 Å². The second-order valence-electron chi connectivity index (χ2n) is 6.90. The zero-order chi connectivity index (χ0) is 19.5. The molecule has 6 nitrogen and oxygen atoms in total. The van der Waals surface area contributed by atoms with Crippen molar-refractivity contribution >= 4 is 23.2 Å². The van der Waals surface area contributed by atoms with Crippen molar-refractivity contribution in [2.24, 2.45) is 5.92 Å². The van der Waals surface area contributed by atoms with Gasteiger partial charge in [-0.25, -0.2) is 9.78 Å². The predicted octanol–water partition coefficient (Wildman–Crippen LogP) is 3.61. The van der Waals surface area contributed by atoms with E-state index >= 15 is 0 Å². The second kappa shape index (κ2) is 7.90. The Hall–Kier alpha value is -3.06. The fraction of sp³-hybridized carbons (Fsp3) is 0.238. The first-order chi connectivity index (χ1) is 13.6. The van der Waals surface area contributed by atoms with Gasteiger partial charge in [0, 0.05) is 36.4 Å². The maximum Gasteiger partial charge on any atom is 0.337 e. The van der Waals surface area contributed by atoms with Gasteiger partial charge in [0.1, 0.15) is 10.7 Å². The summed E-state index contributed by atoms with van der Waals surface area (Å²) in [6.07, 6.45) is 4.65. The van der Waals surface area contributed by atoms with Crippen LogP contribution in [0.5, 0.6) is 0 Å². The zero-order valence-electron chi connectivity index (χ0n) is 15.1. The molecule has 7 heteroatoms. The molecule has 4 rings (SSSR count). The number of likely N-dealkylation sites (tertiary alicyclic amines) is 1. The first kappa shape index (κ1) is 18.3. The van der Waals surface area contributed by atoms with E-state index in [9.17, 15) is 9.59 Å². The van der Waals surface area contributed by atoms with Gasteiger partial charge in [-0.1, -0.05) is 30.3 Å². The van der Waals surface area contributed by atoms with Crippen molar-refractivity contribution in [3.05, 3.63) is 71.0 Å². The number of hydrogen-bond acceptors (Lipinski definition) is 5. The molecule has 0 aliphatic carbocycles. The average Bonchev–Trinajstić information content (AvgIpc) is 3.38. The lowest BCUT2D eigenvalue weighted by Crippen LogP contribution is -2.29. The van der Waals surface area contributed by atoms with E-state index in [0.717, 1.165) is 22.6 Å². The molecule has 0 radical (unpaired) electrons. The third-order valence-electron chi connectivity index (χ3n) is 4.88. The van der Waals surface area contributed by atoms with E-state index in [-0.39, 0.29) is 11.5 Å². The maximum absolute atomic E-state index is 12.8. The van der Waals surface area contributed by atoms with Crippen molar-refractivity contribution in [1.82, 2.24) is 14.9 Å². The SMILES string of the molecule is O=C(O)c1cncc(CC2CCN(C(=O)c3csc(-c4ccccc4)n3)C2)c1. The molecule has 1 aliphatic heterocycles. The topological polar surface area (TPSA) is 83.4 Å². The van der Waals surface area contributed by atoms with E-state index in [2.05, 4.69) is 9.97 Å². The van der Waals surface area contributed by atoms with Gasteiger partial charge in [-0.05, 0) is 30.4 Å². The Balaban J connectivity index is 1.40. The number of carboxylic acid groups (broad SMARTS) is 1. The lowest BCUT2D eigenvalue weighted by atomic mass is 9.99. The van der Waals surface area contributed by atoms with Crippen LogP contribution in [0.1, 0.15) is 32.8 Å². The van der Waals surface area contributed by atoms with Crippen LogP contribution in [-0.2, 0) is 6.42 Å². The maximum atomic E-state index is 12.8. The molecule has 1 N–H and O–H groups in total. The Morgan fingerprint density at radius 2 is 2.04 bits per heavy atom. The Morgan fingerprint density at radius 3 is 2.82 bits per heavy atom. The number of aromatic carboxylic acids is 1. The molecule has 0 saturated carbocycles. The molecule has 1 saturated heterocycles. The lowest BCUT2D eigenvalue weighted by Gasteiger charge is -2.15. The molecule has 0 bridgehead atoms. The number of carbonyl (C=O) groups excluding carboxylic acids is 1. The van der Waals surface area contributed by atoms with Gasteiger partial charge < -0.3 is 10.0 Å². The highest BCUT2D eigenvalue weighted by Crippen LogP contribution is 2.26. The van der Waals surface area contributed by atoms with E-state index in [0.29, 0.717) is 31.1 Å². The van der Waals surface area contributed by atoms with E-state index < -0.39 is 5.97 Å². The van der Waals surface area contributed by atoms with E-state index in [4.69, 9.17) is 5.11 Å². The summed E-state index contributed by atoms with van der Waals surface area (Å²) in [4.78, 5) is 34.3. The number of hydrogen-bond donors (Lipinski definition) is 1. The van der Waals surface area contributed by atoms with Gasteiger partial charge in [-0.2, -0.15) is 0 Å². The second-order valence-corrected chi connectivity index (χ2v) is 7.76. The molecule has 28 heavy (non-hydrogen) atoms. The van der Waals surface area contributed by atoms with Crippen LogP contribution in [0.2, 0.25) is 0 Å². The molecule has 1 aromatic carbocycles. The molecule has 1 aliphatic rings. The van der Waals surface area contributed by atoms with Crippen LogP contribution in [-0.4, -0.2) is 44.9 Å². The standard InChI is InChI=1S/C21H19N3O3S/c25-20(18-13-28-19(23-18)16-4-2-1-3-5-16)24-7-6-14(12-24)8-15-9-17(21(26)27)11-22-10-15/h1-5,9-11,13-14H,6-8,12H2,(H,26,27). The summed E-state index contributed by atoms with van der Waals surface area (Å²) in [5.74, 6) is -0.726. The van der Waals surface area contributed by atoms with Crippen LogP contribution >= 0.6 is 11.3 Å². The number of rotatable bonds is 5. The van der Waals surface area contributed by atoms with Crippen molar-refractivity contribution in [3.63, 3.8) is 0 Å². The minimum atomic E-state index is -0.977. The molecule has 2 aromatic heterocycles. The fourth-order valence-electron chi connectivity index (χ4n) is 3.48. The van der Waals surface area contributed by atoms with Crippen LogP contribution in [0.15, 0.2) is 54.2 Å². The summed E-state index contributed by atoms with van der Waals surface area (Å²) in [6.45, 7) is 1.34. The fourth-order valence-corrected chi connectivity index (χ4v) is 4.28. The minimum Gasteiger partial charge on any atom is -0.478 e. The van der Waals surface area contributed by atoms with Crippen molar-refractivity contribution in [2.45, 2.75) is 12.8 Å². The van der Waals surface area contributed by atoms with Crippen LogP contribution in [0, 0.1) is 5.92 Å². The Kier molecular flexibility index (Phi) is 5.16. The number of aromatic nitrogens is 2. The van der Waals surface area contributed by atoms with Crippen LogP contribution in [0.25, 0.3) is 10.6 Å². The number of thiazole rings is 1. The Morgan fingerprint density at radius 1 is 1.21 bits per heavy atom. The van der Waals surface area contributed by atoms with E-state index in [1.165, 1.54) is 17.5 Å². The molecule has 1 amide bonds. The van der Waals surface area contributed by atoms with Crippen molar-refractivity contribution in [3.8, 4) is 10.6 Å². The molecular formula is C21H19N3O3S. The quantitative estimate of drug-likeness (QED) is 0.716. The predicted molar refractivity (Wildman–Crippen MR) is 106 cm³/mol. The molecule has 1 atom stereocenters. The third-order valence-corrected chi connectivity index (χ3v) is 5.77. The summed E-state index contributed by atoms with van der Waals surface area (Å²) in [7, 11) is 0. The van der Waals surface area contributed by atoms with Gasteiger partial charge in [-0.3, -0.25) is 9.78 Å². The normalized spacial score (nSPS) is 16.3. The van der Waals surface area contributed by atoms with Crippen molar-refractivity contribution < 1.29 is 14.7 Å². The highest BCUT2D eigenvalue weighted by molar-refractivity contribution is 7.13. The summed E-state index contributed by atoms with van der Waals surface area (Å²) in [5.41, 5.74) is 2.58. The van der Waals surface area contributed by atoms with Crippen molar-refractivity contribution in [1.29, 1.82) is 0 Å². The number of benzene rings is 1. The highest BCUT2D eigenvalue weighted by atomic mass is 32.1. The monoisotopic (exact) mass is 393 g/mol. The van der Waals surface area contributed by atoms with E-state index in [1.54, 1.807) is 12.3 Å². The molecule has 1 unspecified atom stereocenters. The van der Waals surface area contributed by atoms with Gasteiger partial charge in [0.25, 0.3) is 5.91 Å². The smallest absolute Gasteiger partial charge is 0.337 e. The summed E-state index contributed by atoms with van der Waals surface area (Å²) < 4.78 is 0. The molecule has 0 spiro atoms. The molecular weight excluding hydrogens is 374 g/mol. The Bertz CT molecular complexity index is 1000. The van der Waals surface area contributed by atoms with Gasteiger partial charge in [0.15, 0.2) is 0 Å². The summed E-state index contributed by atoms with van der Waals surface area (Å²) >= 11 is 1.47. The number of carbonyl (C=O) groups is 2.